The first-order valence-electron chi connectivity index (χ1n) is 7.11. The maximum absolute atomic E-state index is 9.49. The van der Waals surface area contributed by atoms with E-state index in [-0.39, 0.29) is 0 Å². The van der Waals surface area contributed by atoms with E-state index in [1.807, 2.05) is 31.2 Å². The standard InChI is InChI=1S/C19H19NO3/c1-13-5-7-14(8-6-13)16(12-20)9-15-10-18(22-3)19(23-4)11-17(15)21-2/h5-11H,1-4H3/b16-9+. The lowest BCUT2D eigenvalue weighted by Crippen LogP contribution is -1.95. The molecule has 2 aromatic rings. The van der Waals surface area contributed by atoms with Crippen molar-refractivity contribution in [3.8, 4) is 23.3 Å². The summed E-state index contributed by atoms with van der Waals surface area (Å²) in [6.45, 7) is 2.01. The van der Waals surface area contributed by atoms with E-state index in [1.165, 1.54) is 0 Å². The highest BCUT2D eigenvalue weighted by Crippen LogP contribution is 2.36. The van der Waals surface area contributed by atoms with Crippen molar-refractivity contribution in [1.29, 1.82) is 5.26 Å². The van der Waals surface area contributed by atoms with E-state index >= 15 is 0 Å². The Kier molecular flexibility index (Phi) is 5.27. The van der Waals surface area contributed by atoms with Gasteiger partial charge in [0, 0.05) is 11.6 Å². The van der Waals surface area contributed by atoms with Crippen LogP contribution >= 0.6 is 0 Å². The third-order valence-corrected chi connectivity index (χ3v) is 3.52. The van der Waals surface area contributed by atoms with Crippen LogP contribution in [0, 0.1) is 18.3 Å². The first kappa shape index (κ1) is 16.4. The van der Waals surface area contributed by atoms with Gasteiger partial charge in [-0.25, -0.2) is 0 Å². The summed E-state index contributed by atoms with van der Waals surface area (Å²) in [5, 5.41) is 9.49. The maximum atomic E-state index is 9.49. The van der Waals surface area contributed by atoms with Crippen LogP contribution in [0.1, 0.15) is 16.7 Å². The Bertz CT molecular complexity index is 755. The molecule has 118 valence electrons. The van der Waals surface area contributed by atoms with Gasteiger partial charge in [0.2, 0.25) is 0 Å². The molecule has 0 N–H and O–H groups in total. The molecule has 0 spiro atoms. The highest BCUT2D eigenvalue weighted by Gasteiger charge is 2.11. The molecule has 4 nitrogen and oxygen atoms in total. The Morgan fingerprint density at radius 3 is 2.00 bits per heavy atom. The van der Waals surface area contributed by atoms with Crippen LogP contribution < -0.4 is 14.2 Å². The summed E-state index contributed by atoms with van der Waals surface area (Å²) in [5.74, 6) is 1.78. The number of benzene rings is 2. The van der Waals surface area contributed by atoms with Crippen LogP contribution in [0.4, 0.5) is 0 Å². The molecule has 0 saturated heterocycles. The van der Waals surface area contributed by atoms with Gasteiger partial charge in [0.25, 0.3) is 0 Å². The Hall–Kier alpha value is -2.93. The number of ether oxygens (including phenoxy) is 3. The molecule has 4 heteroatoms. The van der Waals surface area contributed by atoms with Crippen LogP contribution in [0.25, 0.3) is 11.6 Å². The molecule has 0 aliphatic heterocycles. The summed E-state index contributed by atoms with van der Waals surface area (Å²) in [6, 6.07) is 13.6. The lowest BCUT2D eigenvalue weighted by molar-refractivity contribution is 0.348. The van der Waals surface area contributed by atoms with Gasteiger partial charge in [0.05, 0.1) is 33.0 Å². The van der Waals surface area contributed by atoms with E-state index in [4.69, 9.17) is 14.2 Å². The quantitative estimate of drug-likeness (QED) is 0.617. The van der Waals surface area contributed by atoms with Crippen molar-refractivity contribution in [3.05, 3.63) is 53.1 Å². The van der Waals surface area contributed by atoms with E-state index in [9.17, 15) is 5.26 Å². The van der Waals surface area contributed by atoms with Crippen molar-refractivity contribution in [2.75, 3.05) is 21.3 Å². The second-order valence-corrected chi connectivity index (χ2v) is 4.98. The maximum Gasteiger partial charge on any atom is 0.164 e. The van der Waals surface area contributed by atoms with E-state index in [2.05, 4.69) is 6.07 Å². The average Bonchev–Trinajstić information content (AvgIpc) is 2.59. The summed E-state index contributed by atoms with van der Waals surface area (Å²) in [7, 11) is 4.72. The minimum atomic E-state index is 0.551. The fraction of sp³-hybridized carbons (Fsp3) is 0.211. The van der Waals surface area contributed by atoms with Gasteiger partial charge in [0.1, 0.15) is 5.75 Å². The molecule has 0 atom stereocenters. The monoisotopic (exact) mass is 309 g/mol. The van der Waals surface area contributed by atoms with Gasteiger partial charge in [0.15, 0.2) is 11.5 Å². The predicted molar refractivity (Wildman–Crippen MR) is 90.8 cm³/mol. The number of hydrogen-bond donors (Lipinski definition) is 0. The highest BCUT2D eigenvalue weighted by atomic mass is 16.5. The largest absolute Gasteiger partial charge is 0.496 e. The predicted octanol–water partition coefficient (Wildman–Crippen LogP) is 4.09. The smallest absolute Gasteiger partial charge is 0.164 e. The van der Waals surface area contributed by atoms with Crippen LogP contribution in [0.15, 0.2) is 36.4 Å². The zero-order valence-electron chi connectivity index (χ0n) is 13.7. The number of nitrogens with zero attached hydrogens (tertiary/aromatic N) is 1. The summed E-state index contributed by atoms with van der Waals surface area (Å²) < 4.78 is 16.0. The molecular weight excluding hydrogens is 290 g/mol. The first-order chi connectivity index (χ1) is 11.1. The van der Waals surface area contributed by atoms with Gasteiger partial charge in [-0.05, 0) is 24.6 Å². The fourth-order valence-electron chi connectivity index (χ4n) is 2.23. The molecule has 2 aromatic carbocycles. The van der Waals surface area contributed by atoms with Crippen molar-refractivity contribution in [3.63, 3.8) is 0 Å². The Morgan fingerprint density at radius 2 is 1.48 bits per heavy atom. The number of rotatable bonds is 5. The number of hydrogen-bond acceptors (Lipinski definition) is 4. The molecule has 0 fully saturated rings. The molecule has 0 heterocycles. The third-order valence-electron chi connectivity index (χ3n) is 3.52. The molecule has 0 saturated carbocycles. The van der Waals surface area contributed by atoms with Crippen LogP contribution in [0.2, 0.25) is 0 Å². The minimum Gasteiger partial charge on any atom is -0.496 e. The highest BCUT2D eigenvalue weighted by molar-refractivity contribution is 5.91. The molecule has 0 bridgehead atoms. The Balaban J connectivity index is 2.55. The van der Waals surface area contributed by atoms with Gasteiger partial charge >= 0.3 is 0 Å². The lowest BCUT2D eigenvalue weighted by Gasteiger charge is -2.12. The summed E-state index contributed by atoms with van der Waals surface area (Å²) in [6.07, 6.45) is 1.78. The number of nitriles is 1. The second kappa shape index (κ2) is 7.37. The molecule has 0 unspecified atom stereocenters. The van der Waals surface area contributed by atoms with Crippen molar-refractivity contribution >= 4 is 11.6 Å². The third kappa shape index (κ3) is 3.64. The number of methoxy groups -OCH3 is 3. The fourth-order valence-corrected chi connectivity index (χ4v) is 2.23. The number of aryl methyl sites for hydroxylation is 1. The second-order valence-electron chi connectivity index (χ2n) is 4.98. The molecule has 0 aliphatic carbocycles. The summed E-state index contributed by atoms with van der Waals surface area (Å²) in [4.78, 5) is 0. The Labute approximate surface area is 136 Å². The molecule has 0 amide bonds. The molecule has 23 heavy (non-hydrogen) atoms. The van der Waals surface area contributed by atoms with Gasteiger partial charge in [-0.1, -0.05) is 29.8 Å². The van der Waals surface area contributed by atoms with E-state index in [0.717, 1.165) is 16.7 Å². The zero-order chi connectivity index (χ0) is 16.8. The van der Waals surface area contributed by atoms with Crippen molar-refractivity contribution in [2.24, 2.45) is 0 Å². The Morgan fingerprint density at radius 1 is 0.913 bits per heavy atom. The zero-order valence-corrected chi connectivity index (χ0v) is 13.7. The van der Waals surface area contributed by atoms with Gasteiger partial charge < -0.3 is 14.2 Å². The van der Waals surface area contributed by atoms with Crippen molar-refractivity contribution in [1.82, 2.24) is 0 Å². The SMILES string of the molecule is COc1cc(OC)c(OC)cc1/C=C(\C#N)c1ccc(C)cc1. The van der Waals surface area contributed by atoms with E-state index in [0.29, 0.717) is 22.8 Å². The summed E-state index contributed by atoms with van der Waals surface area (Å²) >= 11 is 0. The van der Waals surface area contributed by atoms with Gasteiger partial charge in [-0.15, -0.1) is 0 Å². The normalized spacial score (nSPS) is 10.8. The lowest BCUT2D eigenvalue weighted by atomic mass is 10.0. The van der Waals surface area contributed by atoms with Crippen molar-refractivity contribution < 1.29 is 14.2 Å². The molecule has 2 rings (SSSR count). The van der Waals surface area contributed by atoms with Crippen LogP contribution in [0.5, 0.6) is 17.2 Å². The number of allylic oxidation sites excluding steroid dienone is 1. The minimum absolute atomic E-state index is 0.551. The molecule has 0 radical (unpaired) electrons. The molecule has 0 aliphatic rings. The van der Waals surface area contributed by atoms with Gasteiger partial charge in [-0.2, -0.15) is 5.26 Å². The van der Waals surface area contributed by atoms with E-state index < -0.39 is 0 Å². The first-order valence-corrected chi connectivity index (χ1v) is 7.11. The topological polar surface area (TPSA) is 51.5 Å². The van der Waals surface area contributed by atoms with Crippen LogP contribution in [-0.4, -0.2) is 21.3 Å². The average molecular weight is 309 g/mol. The summed E-state index contributed by atoms with van der Waals surface area (Å²) in [5.41, 5.74) is 3.31. The van der Waals surface area contributed by atoms with E-state index in [1.54, 1.807) is 39.5 Å². The van der Waals surface area contributed by atoms with Crippen LogP contribution in [0.3, 0.4) is 0 Å². The van der Waals surface area contributed by atoms with Gasteiger partial charge in [-0.3, -0.25) is 0 Å². The molecule has 0 aromatic heterocycles. The molecular formula is C19H19NO3. The van der Waals surface area contributed by atoms with Crippen molar-refractivity contribution in [2.45, 2.75) is 6.92 Å². The van der Waals surface area contributed by atoms with Crippen LogP contribution in [-0.2, 0) is 0 Å².